The van der Waals surface area contributed by atoms with E-state index >= 15 is 0 Å². The molecule has 198 valence electrons. The number of aliphatic carboxylic acids is 1. The Morgan fingerprint density at radius 1 is 1.03 bits per heavy atom. The molecule has 5 heteroatoms. The molecule has 0 amide bonds. The summed E-state index contributed by atoms with van der Waals surface area (Å²) >= 11 is 0. The highest BCUT2D eigenvalue weighted by Gasteiger charge is 2.65. The van der Waals surface area contributed by atoms with Crippen LogP contribution in [0.25, 0.3) is 0 Å². The van der Waals surface area contributed by atoms with Crippen molar-refractivity contribution in [3.8, 4) is 0 Å². The van der Waals surface area contributed by atoms with Crippen molar-refractivity contribution in [1.29, 1.82) is 0 Å². The minimum atomic E-state index is -0.733. The van der Waals surface area contributed by atoms with Crippen molar-refractivity contribution in [3.63, 3.8) is 0 Å². The summed E-state index contributed by atoms with van der Waals surface area (Å²) in [6, 6.07) is 9.33. The third kappa shape index (κ3) is 4.29. The summed E-state index contributed by atoms with van der Waals surface area (Å²) in [6.07, 6.45) is 8.88. The smallest absolute Gasteiger partial charge is 0.338 e. The fourth-order valence-corrected chi connectivity index (χ4v) is 9.63. The Balaban J connectivity index is 1.48. The first-order valence-corrected chi connectivity index (χ1v) is 14.3. The van der Waals surface area contributed by atoms with Crippen molar-refractivity contribution in [3.05, 3.63) is 35.9 Å². The van der Waals surface area contributed by atoms with Gasteiger partial charge in [0.1, 0.15) is 6.10 Å². The normalized spacial score (nSPS) is 42.5. The Bertz CT molecular complexity index is 961. The van der Waals surface area contributed by atoms with Crippen molar-refractivity contribution in [2.24, 2.45) is 46.3 Å². The van der Waals surface area contributed by atoms with Crippen LogP contribution in [0.3, 0.4) is 0 Å². The summed E-state index contributed by atoms with van der Waals surface area (Å²) in [4.78, 5) is 24.7. The summed E-state index contributed by atoms with van der Waals surface area (Å²) in [5.41, 5.74) is 0.649. The van der Waals surface area contributed by atoms with Crippen LogP contribution in [0.2, 0.25) is 0 Å². The molecule has 5 rings (SSSR count). The zero-order valence-corrected chi connectivity index (χ0v) is 22.2. The molecule has 1 aromatic carbocycles. The second kappa shape index (κ2) is 9.78. The Hall–Kier alpha value is -1.88. The molecule has 10 atom stereocenters. The van der Waals surface area contributed by atoms with Gasteiger partial charge in [-0.25, -0.2) is 4.79 Å². The Morgan fingerprint density at radius 3 is 2.50 bits per heavy atom. The lowest BCUT2D eigenvalue weighted by Crippen LogP contribution is -2.59. The van der Waals surface area contributed by atoms with E-state index in [0.29, 0.717) is 41.6 Å². The van der Waals surface area contributed by atoms with E-state index in [2.05, 4.69) is 20.8 Å². The summed E-state index contributed by atoms with van der Waals surface area (Å²) in [5.74, 6) is 1.83. The number of carboxylic acid groups (broad SMARTS) is 1. The molecule has 0 radical (unpaired) electrons. The molecule has 4 aliphatic carbocycles. The first-order valence-electron chi connectivity index (χ1n) is 14.3. The number of hydrogen-bond acceptors (Lipinski definition) is 4. The number of aliphatic hydroxyl groups excluding tert-OH is 1. The van der Waals surface area contributed by atoms with Gasteiger partial charge in [-0.2, -0.15) is 0 Å². The molecule has 4 aliphatic rings. The number of aliphatic hydroxyl groups is 1. The first kappa shape index (κ1) is 25.8. The van der Waals surface area contributed by atoms with Crippen LogP contribution in [-0.2, 0) is 9.53 Å². The van der Waals surface area contributed by atoms with Crippen LogP contribution in [-0.4, -0.2) is 34.4 Å². The third-order valence-corrected chi connectivity index (χ3v) is 11.5. The highest BCUT2D eigenvalue weighted by molar-refractivity contribution is 5.89. The van der Waals surface area contributed by atoms with E-state index in [9.17, 15) is 19.8 Å². The number of benzene rings is 1. The molecule has 0 saturated heterocycles. The molecule has 0 spiro atoms. The number of carboxylic acids is 1. The van der Waals surface area contributed by atoms with Gasteiger partial charge in [0, 0.05) is 11.8 Å². The van der Waals surface area contributed by atoms with Crippen molar-refractivity contribution in [2.45, 2.75) is 97.2 Å². The van der Waals surface area contributed by atoms with Gasteiger partial charge >= 0.3 is 11.9 Å². The predicted molar refractivity (Wildman–Crippen MR) is 138 cm³/mol. The first-order chi connectivity index (χ1) is 17.1. The molecule has 4 saturated carbocycles. The minimum absolute atomic E-state index is 0.138. The highest BCUT2D eigenvalue weighted by Crippen LogP contribution is 2.69. The van der Waals surface area contributed by atoms with Crippen LogP contribution in [0, 0.1) is 46.3 Å². The van der Waals surface area contributed by atoms with Crippen LogP contribution in [0.4, 0.5) is 0 Å². The molecule has 0 heterocycles. The third-order valence-electron chi connectivity index (χ3n) is 11.5. The molecular formula is C31H44O5. The van der Waals surface area contributed by atoms with Gasteiger partial charge in [0.2, 0.25) is 0 Å². The van der Waals surface area contributed by atoms with E-state index in [1.54, 1.807) is 0 Å². The molecule has 0 bridgehead atoms. The quantitative estimate of drug-likeness (QED) is 0.449. The van der Waals surface area contributed by atoms with Crippen molar-refractivity contribution in [1.82, 2.24) is 0 Å². The maximum atomic E-state index is 13.4. The Morgan fingerprint density at radius 2 is 1.78 bits per heavy atom. The number of fused-ring (bicyclic) bond motifs is 5. The zero-order valence-electron chi connectivity index (χ0n) is 22.2. The molecule has 5 nitrogen and oxygen atoms in total. The molecule has 36 heavy (non-hydrogen) atoms. The molecule has 0 aromatic heterocycles. The monoisotopic (exact) mass is 496 g/mol. The number of esters is 1. The highest BCUT2D eigenvalue weighted by atomic mass is 16.5. The van der Waals surface area contributed by atoms with Crippen molar-refractivity contribution >= 4 is 11.9 Å². The van der Waals surface area contributed by atoms with Crippen molar-refractivity contribution < 1.29 is 24.5 Å². The zero-order chi connectivity index (χ0) is 25.7. The summed E-state index contributed by atoms with van der Waals surface area (Å²) in [6.45, 7) is 7.04. The second-order valence-electron chi connectivity index (χ2n) is 13.0. The number of carbonyl (C=O) groups is 2. The van der Waals surface area contributed by atoms with E-state index in [4.69, 9.17) is 4.74 Å². The lowest BCUT2D eigenvalue weighted by Gasteiger charge is -2.62. The molecule has 4 fully saturated rings. The lowest BCUT2D eigenvalue weighted by atomic mass is 9.43. The number of rotatable bonds is 6. The minimum Gasteiger partial charge on any atom is -0.481 e. The van der Waals surface area contributed by atoms with Gasteiger partial charge in [-0.15, -0.1) is 0 Å². The molecule has 2 N–H and O–H groups in total. The lowest BCUT2D eigenvalue weighted by molar-refractivity contribution is -0.176. The van der Waals surface area contributed by atoms with Crippen LogP contribution in [0.5, 0.6) is 0 Å². The van der Waals surface area contributed by atoms with Gasteiger partial charge in [0.25, 0.3) is 0 Å². The molecule has 0 aliphatic heterocycles. The predicted octanol–water partition coefficient (Wildman–Crippen LogP) is 6.34. The van der Waals surface area contributed by atoms with E-state index in [1.807, 2.05) is 30.3 Å². The SMILES string of the molecule is C[C@H](CCC(=O)O)[C@H]1CC[C@H]2[C@@H]3CC[C@@H]4C[C@H](O)CC[C@]4(C)[C@H]3C[C@H](OC(=O)c3ccccc3)[C@]12C. The van der Waals surface area contributed by atoms with Gasteiger partial charge in [-0.3, -0.25) is 4.79 Å². The summed E-state index contributed by atoms with van der Waals surface area (Å²) in [7, 11) is 0. The van der Waals surface area contributed by atoms with Gasteiger partial charge in [0.15, 0.2) is 0 Å². The number of carbonyl (C=O) groups excluding carboxylic acids is 1. The van der Waals surface area contributed by atoms with Crippen LogP contribution < -0.4 is 0 Å². The summed E-state index contributed by atoms with van der Waals surface area (Å²) < 4.78 is 6.49. The fraction of sp³-hybridized carbons (Fsp3) is 0.742. The van der Waals surface area contributed by atoms with Crippen LogP contribution >= 0.6 is 0 Å². The van der Waals surface area contributed by atoms with E-state index in [-0.39, 0.29) is 41.3 Å². The van der Waals surface area contributed by atoms with Crippen LogP contribution in [0.15, 0.2) is 30.3 Å². The van der Waals surface area contributed by atoms with E-state index in [0.717, 1.165) is 38.5 Å². The van der Waals surface area contributed by atoms with E-state index < -0.39 is 5.97 Å². The molecular weight excluding hydrogens is 452 g/mol. The van der Waals surface area contributed by atoms with Crippen molar-refractivity contribution in [2.75, 3.05) is 0 Å². The molecule has 1 aromatic rings. The Labute approximate surface area is 216 Å². The van der Waals surface area contributed by atoms with Crippen LogP contribution in [0.1, 0.15) is 95.3 Å². The van der Waals surface area contributed by atoms with Gasteiger partial charge in [0.05, 0.1) is 11.7 Å². The average Bonchev–Trinajstić information content (AvgIpc) is 3.22. The van der Waals surface area contributed by atoms with Gasteiger partial charge < -0.3 is 14.9 Å². The van der Waals surface area contributed by atoms with Gasteiger partial charge in [-0.05, 0) is 111 Å². The topological polar surface area (TPSA) is 83.8 Å². The Kier molecular flexibility index (Phi) is 6.99. The maximum absolute atomic E-state index is 13.4. The largest absolute Gasteiger partial charge is 0.481 e. The molecule has 0 unspecified atom stereocenters. The summed E-state index contributed by atoms with van der Waals surface area (Å²) in [5, 5.41) is 19.7. The van der Waals surface area contributed by atoms with E-state index in [1.165, 1.54) is 12.8 Å². The van der Waals surface area contributed by atoms with Gasteiger partial charge in [-0.1, -0.05) is 39.0 Å². The number of ether oxygens (including phenoxy) is 1. The standard InChI is InChI=1S/C31H44O5/c1-19(9-14-28(33)34)24-12-13-25-23-11-10-21-17-22(32)15-16-30(21,2)26(23)18-27(31(24,25)3)36-29(35)20-7-5-4-6-8-20/h4-8,19,21-27,32H,9-18H2,1-3H3,(H,33,34)/t19-,21-,22-,23+,24-,25+,26+,27+,30+,31-/m1/s1. The average molecular weight is 497 g/mol. The fourth-order valence-electron chi connectivity index (χ4n) is 9.63. The second-order valence-corrected chi connectivity index (χ2v) is 13.0. The maximum Gasteiger partial charge on any atom is 0.338 e. The number of hydrogen-bond donors (Lipinski definition) is 2.